The quantitative estimate of drug-likeness (QED) is 0.647. The molecular formula is C22H22N4O3S. The Balaban J connectivity index is 1.54. The van der Waals surface area contributed by atoms with Crippen molar-refractivity contribution in [3.63, 3.8) is 0 Å². The van der Waals surface area contributed by atoms with Crippen molar-refractivity contribution in [3.8, 4) is 6.07 Å². The van der Waals surface area contributed by atoms with Crippen LogP contribution in [0.2, 0.25) is 0 Å². The van der Waals surface area contributed by atoms with Gasteiger partial charge in [-0.05, 0) is 31.2 Å². The first-order chi connectivity index (χ1) is 14.5. The van der Waals surface area contributed by atoms with Crippen molar-refractivity contribution in [2.24, 2.45) is 0 Å². The van der Waals surface area contributed by atoms with E-state index in [2.05, 4.69) is 0 Å². The number of nitriles is 1. The molecule has 0 N–H and O–H groups in total. The van der Waals surface area contributed by atoms with Crippen LogP contribution < -0.4 is 0 Å². The highest BCUT2D eigenvalue weighted by Gasteiger charge is 2.32. The van der Waals surface area contributed by atoms with Gasteiger partial charge in [0, 0.05) is 43.6 Å². The van der Waals surface area contributed by atoms with Crippen molar-refractivity contribution in [1.29, 1.82) is 5.26 Å². The number of sulfonamides is 1. The number of benzene rings is 2. The first-order valence-corrected chi connectivity index (χ1v) is 11.3. The second-order valence-corrected chi connectivity index (χ2v) is 9.04. The monoisotopic (exact) mass is 422 g/mol. The third kappa shape index (κ3) is 3.36. The van der Waals surface area contributed by atoms with E-state index in [0.717, 1.165) is 10.9 Å². The summed E-state index contributed by atoms with van der Waals surface area (Å²) < 4.78 is 29.3. The molecule has 1 aliphatic heterocycles. The maximum absolute atomic E-state index is 13.2. The summed E-state index contributed by atoms with van der Waals surface area (Å²) in [5.74, 6) is -0.0949. The van der Waals surface area contributed by atoms with Crippen LogP contribution in [-0.2, 0) is 16.6 Å². The Bertz CT molecular complexity index is 1250. The van der Waals surface area contributed by atoms with Gasteiger partial charge in [-0.2, -0.15) is 9.57 Å². The number of nitrogens with zero attached hydrogens (tertiary/aromatic N) is 4. The van der Waals surface area contributed by atoms with Crippen LogP contribution in [0.15, 0.2) is 59.5 Å². The number of aromatic nitrogens is 1. The maximum Gasteiger partial charge on any atom is 0.270 e. The van der Waals surface area contributed by atoms with E-state index in [1.165, 1.54) is 16.4 Å². The van der Waals surface area contributed by atoms with Crippen LogP contribution in [0.5, 0.6) is 0 Å². The highest BCUT2D eigenvalue weighted by molar-refractivity contribution is 7.89. The maximum atomic E-state index is 13.2. The van der Waals surface area contributed by atoms with E-state index in [9.17, 15) is 18.5 Å². The molecule has 3 aromatic rings. The van der Waals surface area contributed by atoms with Crippen molar-refractivity contribution in [2.45, 2.75) is 18.4 Å². The van der Waals surface area contributed by atoms with E-state index < -0.39 is 10.0 Å². The zero-order valence-electron chi connectivity index (χ0n) is 16.7. The first kappa shape index (κ1) is 20.1. The topological polar surface area (TPSA) is 86.4 Å². The Labute approximate surface area is 175 Å². The molecule has 7 nitrogen and oxygen atoms in total. The van der Waals surface area contributed by atoms with Crippen LogP contribution in [0, 0.1) is 11.3 Å². The van der Waals surface area contributed by atoms with Gasteiger partial charge in [0.1, 0.15) is 11.8 Å². The third-order valence-corrected chi connectivity index (χ3v) is 7.45. The van der Waals surface area contributed by atoms with Crippen molar-refractivity contribution in [1.82, 2.24) is 13.8 Å². The zero-order valence-corrected chi connectivity index (χ0v) is 17.5. The largest absolute Gasteiger partial charge is 0.337 e. The average molecular weight is 423 g/mol. The molecular weight excluding hydrogens is 400 g/mol. The lowest BCUT2D eigenvalue weighted by Crippen LogP contribution is -2.50. The van der Waals surface area contributed by atoms with Gasteiger partial charge in [0.05, 0.1) is 10.5 Å². The molecule has 0 bridgehead atoms. The predicted molar refractivity (Wildman–Crippen MR) is 113 cm³/mol. The van der Waals surface area contributed by atoms with Crippen molar-refractivity contribution >= 4 is 26.8 Å². The molecule has 1 aromatic heterocycles. The summed E-state index contributed by atoms with van der Waals surface area (Å²) in [5.41, 5.74) is 1.76. The molecule has 0 spiro atoms. The number of amides is 1. The number of hydrogen-bond donors (Lipinski definition) is 0. The molecule has 1 fully saturated rings. The van der Waals surface area contributed by atoms with Gasteiger partial charge in [-0.15, -0.1) is 0 Å². The van der Waals surface area contributed by atoms with Crippen molar-refractivity contribution < 1.29 is 13.2 Å². The van der Waals surface area contributed by atoms with Gasteiger partial charge in [0.15, 0.2) is 0 Å². The smallest absolute Gasteiger partial charge is 0.270 e. The fourth-order valence-electron chi connectivity index (χ4n) is 3.94. The number of fused-ring (bicyclic) bond motifs is 1. The number of hydrogen-bond acceptors (Lipinski definition) is 4. The Hall–Kier alpha value is -3.15. The Morgan fingerprint density at radius 2 is 1.70 bits per heavy atom. The number of carbonyl (C=O) groups is 1. The van der Waals surface area contributed by atoms with Crippen LogP contribution in [0.1, 0.15) is 23.0 Å². The molecule has 0 atom stereocenters. The van der Waals surface area contributed by atoms with E-state index in [0.29, 0.717) is 25.3 Å². The van der Waals surface area contributed by atoms with Gasteiger partial charge in [-0.25, -0.2) is 8.42 Å². The Morgan fingerprint density at radius 3 is 2.40 bits per heavy atom. The van der Waals surface area contributed by atoms with Gasteiger partial charge in [0.25, 0.3) is 5.91 Å². The standard InChI is InChI=1S/C22H22N4O3S/c1-2-26-19-9-5-3-7-17(19)15-20(26)22(27)24-11-13-25(14-12-24)30(28,29)21-10-6-4-8-18(21)16-23/h3-10,15H,2,11-14H2,1H3. The van der Waals surface area contributed by atoms with Gasteiger partial charge in [0.2, 0.25) is 10.0 Å². The summed E-state index contributed by atoms with van der Waals surface area (Å²) in [7, 11) is -3.78. The lowest BCUT2D eigenvalue weighted by atomic mass is 10.2. The summed E-state index contributed by atoms with van der Waals surface area (Å²) in [4.78, 5) is 14.9. The molecule has 154 valence electrons. The van der Waals surface area contributed by atoms with Crippen LogP contribution in [0.25, 0.3) is 10.9 Å². The summed E-state index contributed by atoms with van der Waals surface area (Å²) in [6, 6.07) is 17.9. The molecule has 30 heavy (non-hydrogen) atoms. The molecule has 1 amide bonds. The number of rotatable bonds is 4. The third-order valence-electron chi connectivity index (χ3n) is 5.50. The summed E-state index contributed by atoms with van der Waals surface area (Å²) in [6.07, 6.45) is 0. The lowest BCUT2D eigenvalue weighted by molar-refractivity contribution is 0.0687. The molecule has 1 saturated heterocycles. The minimum Gasteiger partial charge on any atom is -0.337 e. The molecule has 8 heteroatoms. The first-order valence-electron chi connectivity index (χ1n) is 9.84. The molecule has 4 rings (SSSR count). The fourth-order valence-corrected chi connectivity index (χ4v) is 5.51. The van der Waals surface area contributed by atoms with Gasteiger partial charge >= 0.3 is 0 Å². The molecule has 0 unspecified atom stereocenters. The molecule has 0 saturated carbocycles. The summed E-state index contributed by atoms with van der Waals surface area (Å²) in [6.45, 7) is 3.67. The Morgan fingerprint density at radius 1 is 1.03 bits per heavy atom. The molecule has 2 aromatic carbocycles. The normalized spacial score (nSPS) is 15.3. The van der Waals surface area contributed by atoms with Crippen LogP contribution in [0.3, 0.4) is 0 Å². The van der Waals surface area contributed by atoms with Crippen LogP contribution in [-0.4, -0.2) is 54.3 Å². The van der Waals surface area contributed by atoms with E-state index in [-0.39, 0.29) is 29.5 Å². The van der Waals surface area contributed by atoms with Gasteiger partial charge in [-0.3, -0.25) is 4.79 Å². The molecule has 0 radical (unpaired) electrons. The minimum atomic E-state index is -3.78. The SMILES string of the molecule is CCn1c(C(=O)N2CCN(S(=O)(=O)c3ccccc3C#N)CC2)cc2ccccc21. The highest BCUT2D eigenvalue weighted by atomic mass is 32.2. The molecule has 2 heterocycles. The fraction of sp³-hybridized carbons (Fsp3) is 0.273. The zero-order chi connectivity index (χ0) is 21.3. The Kier molecular flexibility index (Phi) is 5.33. The average Bonchev–Trinajstić information content (AvgIpc) is 3.17. The van der Waals surface area contributed by atoms with E-state index in [4.69, 9.17) is 0 Å². The van der Waals surface area contributed by atoms with Crippen LogP contribution >= 0.6 is 0 Å². The van der Waals surface area contributed by atoms with E-state index >= 15 is 0 Å². The summed E-state index contributed by atoms with van der Waals surface area (Å²) in [5, 5.41) is 10.3. The van der Waals surface area contributed by atoms with Crippen molar-refractivity contribution in [2.75, 3.05) is 26.2 Å². The number of aryl methyl sites for hydroxylation is 1. The lowest BCUT2D eigenvalue weighted by Gasteiger charge is -2.34. The van der Waals surface area contributed by atoms with Crippen LogP contribution in [0.4, 0.5) is 0 Å². The minimum absolute atomic E-state index is 0.0124. The van der Waals surface area contributed by atoms with Gasteiger partial charge < -0.3 is 9.47 Å². The van der Waals surface area contributed by atoms with E-state index in [1.54, 1.807) is 17.0 Å². The molecule has 0 aliphatic carbocycles. The highest BCUT2D eigenvalue weighted by Crippen LogP contribution is 2.24. The second-order valence-electron chi connectivity index (χ2n) is 7.14. The predicted octanol–water partition coefficient (Wildman–Crippen LogP) is 2.68. The van der Waals surface area contributed by atoms with E-state index in [1.807, 2.05) is 47.9 Å². The molecule has 1 aliphatic rings. The van der Waals surface area contributed by atoms with Crippen molar-refractivity contribution in [3.05, 3.63) is 65.9 Å². The number of piperazine rings is 1. The number of carbonyl (C=O) groups excluding carboxylic acids is 1. The summed E-state index contributed by atoms with van der Waals surface area (Å²) >= 11 is 0. The number of para-hydroxylation sites is 1. The second kappa shape index (κ2) is 7.94. The van der Waals surface area contributed by atoms with Gasteiger partial charge in [-0.1, -0.05) is 30.3 Å².